The summed E-state index contributed by atoms with van der Waals surface area (Å²) in [4.78, 5) is 2.65. The van der Waals surface area contributed by atoms with Crippen LogP contribution in [0.3, 0.4) is 0 Å². The summed E-state index contributed by atoms with van der Waals surface area (Å²) in [5.41, 5.74) is 2.80. The number of benzene rings is 2. The van der Waals surface area contributed by atoms with Crippen molar-refractivity contribution in [3.8, 4) is 0 Å². The highest BCUT2D eigenvalue weighted by Gasteiger charge is 2.21. The lowest BCUT2D eigenvalue weighted by molar-refractivity contribution is 0.137. The van der Waals surface area contributed by atoms with Crippen molar-refractivity contribution < 1.29 is 0 Å². The van der Waals surface area contributed by atoms with Crippen LogP contribution in [0.1, 0.15) is 30.4 Å². The van der Waals surface area contributed by atoms with Crippen molar-refractivity contribution in [2.75, 3.05) is 13.1 Å². The average Bonchev–Trinajstić information content (AvgIpc) is 2.58. The summed E-state index contributed by atoms with van der Waals surface area (Å²) in [6.45, 7) is 4.36. The number of hydrogen-bond donors (Lipinski definition) is 1. The molecule has 0 saturated carbocycles. The summed E-state index contributed by atoms with van der Waals surface area (Å²) in [6, 6.07) is 22.2. The van der Waals surface area contributed by atoms with Crippen molar-refractivity contribution in [1.29, 1.82) is 0 Å². The van der Waals surface area contributed by atoms with E-state index in [9.17, 15) is 0 Å². The molecule has 22 heavy (non-hydrogen) atoms. The molecule has 3 rings (SSSR count). The van der Waals surface area contributed by atoms with Crippen LogP contribution < -0.4 is 5.32 Å². The number of nitrogens with zero attached hydrogens (tertiary/aromatic N) is 1. The van der Waals surface area contributed by atoms with Gasteiger partial charge in [0.25, 0.3) is 0 Å². The van der Waals surface area contributed by atoms with Gasteiger partial charge in [0.05, 0.1) is 0 Å². The number of likely N-dealkylation sites (tertiary alicyclic amines) is 1. The van der Waals surface area contributed by atoms with E-state index in [1.165, 1.54) is 36.9 Å². The molecule has 2 aromatic carbocycles. The largest absolute Gasteiger partial charge is 0.311 e. The molecule has 1 N–H and O–H groups in total. The summed E-state index contributed by atoms with van der Waals surface area (Å²) in [6.07, 6.45) is 4.01. The van der Waals surface area contributed by atoms with E-state index < -0.39 is 0 Å². The third kappa shape index (κ3) is 4.43. The van der Waals surface area contributed by atoms with Crippen LogP contribution >= 0.6 is 0 Å². The molecule has 1 aliphatic rings. The van der Waals surface area contributed by atoms with Crippen LogP contribution in [0.25, 0.3) is 0 Å². The Morgan fingerprint density at radius 2 is 1.55 bits per heavy atom. The minimum Gasteiger partial charge on any atom is -0.311 e. The van der Waals surface area contributed by atoms with Crippen molar-refractivity contribution in [1.82, 2.24) is 10.2 Å². The number of nitrogens with one attached hydrogen (secondary N) is 1. The summed E-state index contributed by atoms with van der Waals surface area (Å²) >= 11 is 0. The van der Waals surface area contributed by atoms with Gasteiger partial charge in [0.2, 0.25) is 0 Å². The molecule has 2 aromatic rings. The van der Waals surface area contributed by atoms with Gasteiger partial charge in [-0.25, -0.2) is 0 Å². The van der Waals surface area contributed by atoms with E-state index in [0.29, 0.717) is 6.04 Å². The topological polar surface area (TPSA) is 15.3 Å². The van der Waals surface area contributed by atoms with Crippen LogP contribution in [0, 0.1) is 0 Å². The summed E-state index contributed by atoms with van der Waals surface area (Å²) in [5, 5.41) is 3.65. The molecule has 1 aliphatic heterocycles. The minimum absolute atomic E-state index is 0.665. The van der Waals surface area contributed by atoms with Crippen molar-refractivity contribution >= 4 is 0 Å². The van der Waals surface area contributed by atoms with Crippen LogP contribution in [-0.4, -0.2) is 24.0 Å². The third-order valence-corrected chi connectivity index (χ3v) is 4.53. The second kappa shape index (κ2) is 8.11. The molecule has 0 spiro atoms. The molecule has 1 saturated heterocycles. The first kappa shape index (κ1) is 15.3. The molecule has 2 nitrogen and oxygen atoms in total. The number of piperidine rings is 1. The number of rotatable bonds is 6. The minimum atomic E-state index is 0.665. The van der Waals surface area contributed by atoms with Crippen LogP contribution in [0.4, 0.5) is 0 Å². The molecule has 116 valence electrons. The maximum atomic E-state index is 3.65. The Kier molecular flexibility index (Phi) is 5.63. The first-order valence-electron chi connectivity index (χ1n) is 8.44. The van der Waals surface area contributed by atoms with Gasteiger partial charge in [-0.1, -0.05) is 67.1 Å². The van der Waals surface area contributed by atoms with Crippen LogP contribution in [0.2, 0.25) is 0 Å². The Bertz CT molecular complexity index is 538. The van der Waals surface area contributed by atoms with Crippen molar-refractivity contribution in [3.05, 3.63) is 71.8 Å². The fraction of sp³-hybridized carbons (Fsp3) is 0.400. The van der Waals surface area contributed by atoms with Gasteiger partial charge in [-0.3, -0.25) is 4.90 Å². The van der Waals surface area contributed by atoms with E-state index in [2.05, 4.69) is 70.9 Å². The lowest BCUT2D eigenvalue weighted by atomic mass is 10.0. The van der Waals surface area contributed by atoms with E-state index in [1.807, 2.05) is 0 Å². The molecular formula is C20H26N2. The first-order valence-corrected chi connectivity index (χ1v) is 8.44. The molecule has 0 radical (unpaired) electrons. The van der Waals surface area contributed by atoms with Crippen molar-refractivity contribution in [2.24, 2.45) is 0 Å². The van der Waals surface area contributed by atoms with Crippen LogP contribution in [0.5, 0.6) is 0 Å². The lowest BCUT2D eigenvalue weighted by Gasteiger charge is -2.36. The zero-order valence-electron chi connectivity index (χ0n) is 13.2. The lowest BCUT2D eigenvalue weighted by Crippen LogP contribution is -2.44. The van der Waals surface area contributed by atoms with Gasteiger partial charge < -0.3 is 5.32 Å². The fourth-order valence-electron chi connectivity index (χ4n) is 3.30. The molecule has 0 unspecified atom stereocenters. The predicted octanol–water partition coefficient (Wildman–Crippen LogP) is 3.83. The maximum absolute atomic E-state index is 3.65. The van der Waals surface area contributed by atoms with E-state index in [0.717, 1.165) is 19.6 Å². The molecule has 0 bridgehead atoms. The highest BCUT2D eigenvalue weighted by Crippen LogP contribution is 2.19. The number of hydrogen-bond acceptors (Lipinski definition) is 2. The second-order valence-electron chi connectivity index (χ2n) is 6.22. The van der Waals surface area contributed by atoms with Crippen LogP contribution in [0.15, 0.2) is 60.7 Å². The third-order valence-electron chi connectivity index (χ3n) is 4.53. The van der Waals surface area contributed by atoms with E-state index in [4.69, 9.17) is 0 Å². The second-order valence-corrected chi connectivity index (χ2v) is 6.22. The summed E-state index contributed by atoms with van der Waals surface area (Å²) in [7, 11) is 0. The zero-order chi connectivity index (χ0) is 15.0. The van der Waals surface area contributed by atoms with Gasteiger partial charge in [0.1, 0.15) is 0 Å². The monoisotopic (exact) mass is 294 g/mol. The molecular weight excluding hydrogens is 268 g/mol. The van der Waals surface area contributed by atoms with Gasteiger partial charge in [-0.2, -0.15) is 0 Å². The van der Waals surface area contributed by atoms with E-state index in [1.54, 1.807) is 0 Å². The average molecular weight is 294 g/mol. The van der Waals surface area contributed by atoms with Gasteiger partial charge >= 0.3 is 0 Å². The van der Waals surface area contributed by atoms with Gasteiger partial charge in [0.15, 0.2) is 0 Å². The Hall–Kier alpha value is -1.64. The van der Waals surface area contributed by atoms with Crippen LogP contribution in [-0.2, 0) is 13.1 Å². The zero-order valence-corrected chi connectivity index (χ0v) is 13.2. The fourth-order valence-corrected chi connectivity index (χ4v) is 3.30. The SMILES string of the molecule is c1ccc(CNC[C@@H]2CCCCN2Cc2ccccc2)cc1. The van der Waals surface area contributed by atoms with Crippen molar-refractivity contribution in [3.63, 3.8) is 0 Å². The van der Waals surface area contributed by atoms with Gasteiger partial charge in [-0.05, 0) is 30.5 Å². The smallest absolute Gasteiger partial charge is 0.0237 e. The molecule has 0 aromatic heterocycles. The molecule has 1 fully saturated rings. The first-order chi connectivity index (χ1) is 10.9. The standard InChI is InChI=1S/C20H26N2/c1-3-9-18(10-4-1)15-21-16-20-13-7-8-14-22(20)17-19-11-5-2-6-12-19/h1-6,9-12,20-21H,7-8,13-17H2/t20-/m0/s1. The maximum Gasteiger partial charge on any atom is 0.0237 e. The Morgan fingerprint density at radius 1 is 0.864 bits per heavy atom. The Morgan fingerprint density at radius 3 is 2.27 bits per heavy atom. The van der Waals surface area contributed by atoms with Gasteiger partial charge in [0, 0.05) is 25.7 Å². The predicted molar refractivity (Wildman–Crippen MR) is 92.6 cm³/mol. The molecule has 0 aliphatic carbocycles. The molecule has 1 heterocycles. The van der Waals surface area contributed by atoms with Gasteiger partial charge in [-0.15, -0.1) is 0 Å². The quantitative estimate of drug-likeness (QED) is 0.871. The Labute approximate surface area is 134 Å². The Balaban J connectivity index is 1.51. The normalized spacial score (nSPS) is 19.2. The summed E-state index contributed by atoms with van der Waals surface area (Å²) < 4.78 is 0. The summed E-state index contributed by atoms with van der Waals surface area (Å²) in [5.74, 6) is 0. The van der Waals surface area contributed by atoms with E-state index in [-0.39, 0.29) is 0 Å². The highest BCUT2D eigenvalue weighted by molar-refractivity contribution is 5.15. The molecule has 1 atom stereocenters. The molecule has 2 heteroatoms. The van der Waals surface area contributed by atoms with Crippen molar-refractivity contribution in [2.45, 2.75) is 38.4 Å². The highest BCUT2D eigenvalue weighted by atomic mass is 15.2. The van der Waals surface area contributed by atoms with E-state index >= 15 is 0 Å². The molecule has 0 amide bonds.